The van der Waals surface area contributed by atoms with Gasteiger partial charge in [0.1, 0.15) is 0 Å². The average molecular weight is 317 g/mol. The molecule has 1 aromatic carbocycles. The van der Waals surface area contributed by atoms with Crippen molar-refractivity contribution in [3.05, 3.63) is 29.3 Å². The monoisotopic (exact) mass is 317 g/mol. The second kappa shape index (κ2) is 7.49. The first-order valence-electron chi connectivity index (χ1n) is 8.30. The lowest BCUT2D eigenvalue weighted by Gasteiger charge is -2.27. The van der Waals surface area contributed by atoms with E-state index < -0.39 is 0 Å². The molecule has 5 heteroatoms. The van der Waals surface area contributed by atoms with Crippen molar-refractivity contribution >= 4 is 17.6 Å². The summed E-state index contributed by atoms with van der Waals surface area (Å²) in [5.41, 5.74) is 2.25. The van der Waals surface area contributed by atoms with E-state index in [-0.39, 0.29) is 18.0 Å². The van der Waals surface area contributed by atoms with Crippen molar-refractivity contribution in [1.29, 1.82) is 0 Å². The van der Waals surface area contributed by atoms with Crippen LogP contribution >= 0.6 is 0 Å². The van der Waals surface area contributed by atoms with Crippen molar-refractivity contribution in [1.82, 2.24) is 9.80 Å². The van der Waals surface area contributed by atoms with Gasteiger partial charge in [0.05, 0.1) is 0 Å². The number of nitrogens with one attached hydrogen (secondary N) is 1. The maximum absolute atomic E-state index is 12.6. The van der Waals surface area contributed by atoms with Crippen LogP contribution in [0.3, 0.4) is 0 Å². The summed E-state index contributed by atoms with van der Waals surface area (Å²) in [5, 5.41) is 2.99. The van der Waals surface area contributed by atoms with Crippen LogP contribution in [0.4, 0.5) is 10.5 Å². The predicted octanol–water partition coefficient (Wildman–Crippen LogP) is 3.49. The zero-order valence-corrected chi connectivity index (χ0v) is 14.6. The van der Waals surface area contributed by atoms with Crippen molar-refractivity contribution in [2.75, 3.05) is 26.0 Å². The van der Waals surface area contributed by atoms with E-state index in [1.807, 2.05) is 17.9 Å². The molecule has 3 amide bonds. The molecular weight excluding hydrogens is 290 g/mol. The number of rotatable bonds is 2. The molecule has 1 aliphatic rings. The van der Waals surface area contributed by atoms with E-state index in [9.17, 15) is 9.59 Å². The summed E-state index contributed by atoms with van der Waals surface area (Å²) >= 11 is 0. The van der Waals surface area contributed by atoms with Crippen LogP contribution < -0.4 is 5.32 Å². The first kappa shape index (κ1) is 17.3. The smallest absolute Gasteiger partial charge is 0.322 e. The molecule has 1 N–H and O–H groups in total. The molecule has 0 aromatic heterocycles. The Morgan fingerprint density at radius 1 is 1.22 bits per heavy atom. The fourth-order valence-electron chi connectivity index (χ4n) is 2.91. The third-order valence-electron chi connectivity index (χ3n) is 4.45. The van der Waals surface area contributed by atoms with Crippen molar-refractivity contribution in [2.24, 2.45) is 0 Å². The Kier molecular flexibility index (Phi) is 5.64. The lowest BCUT2D eigenvalue weighted by molar-refractivity contribution is 0.0827. The Morgan fingerprint density at radius 3 is 2.65 bits per heavy atom. The Balaban J connectivity index is 2.16. The van der Waals surface area contributed by atoms with Gasteiger partial charge in [0, 0.05) is 37.9 Å². The zero-order chi connectivity index (χ0) is 17.0. The molecule has 1 aliphatic heterocycles. The largest absolute Gasteiger partial charge is 0.345 e. The standard InChI is InChI=1S/C18H27N3O2/c1-13-9-10-15(17(22)20(3)4)12-16(13)19-18(23)21-11-7-5-6-8-14(21)2/h9-10,12,14H,5-8,11H2,1-4H3,(H,19,23). The average Bonchev–Trinajstić information content (AvgIpc) is 2.73. The number of carbonyl (C=O) groups excluding carboxylic acids is 2. The number of likely N-dealkylation sites (tertiary alicyclic amines) is 1. The molecule has 1 heterocycles. The molecule has 23 heavy (non-hydrogen) atoms. The highest BCUT2D eigenvalue weighted by Crippen LogP contribution is 2.21. The van der Waals surface area contributed by atoms with Crippen LogP contribution in [0.5, 0.6) is 0 Å². The SMILES string of the molecule is Cc1ccc(C(=O)N(C)C)cc1NC(=O)N1CCCCCC1C. The molecule has 2 rings (SSSR count). The summed E-state index contributed by atoms with van der Waals surface area (Å²) in [7, 11) is 3.44. The Hall–Kier alpha value is -2.04. The van der Waals surface area contributed by atoms with Gasteiger partial charge in [-0.15, -0.1) is 0 Å². The van der Waals surface area contributed by atoms with Crippen LogP contribution in [-0.4, -0.2) is 48.4 Å². The highest BCUT2D eigenvalue weighted by atomic mass is 16.2. The van der Waals surface area contributed by atoms with E-state index in [2.05, 4.69) is 12.2 Å². The van der Waals surface area contributed by atoms with Gasteiger partial charge in [0.25, 0.3) is 5.91 Å². The summed E-state index contributed by atoms with van der Waals surface area (Å²) in [6.45, 7) is 4.83. The molecule has 0 saturated carbocycles. The minimum Gasteiger partial charge on any atom is -0.345 e. The van der Waals surface area contributed by atoms with Gasteiger partial charge in [-0.25, -0.2) is 4.79 Å². The van der Waals surface area contributed by atoms with Crippen LogP contribution in [0, 0.1) is 6.92 Å². The number of urea groups is 1. The number of hydrogen-bond donors (Lipinski definition) is 1. The lowest BCUT2D eigenvalue weighted by atomic mass is 10.1. The van der Waals surface area contributed by atoms with Crippen LogP contribution in [-0.2, 0) is 0 Å². The van der Waals surface area contributed by atoms with Gasteiger partial charge in [0.2, 0.25) is 0 Å². The summed E-state index contributed by atoms with van der Waals surface area (Å²) in [6.07, 6.45) is 4.46. The van der Waals surface area contributed by atoms with E-state index in [1.54, 1.807) is 26.2 Å². The van der Waals surface area contributed by atoms with Gasteiger partial charge >= 0.3 is 6.03 Å². The van der Waals surface area contributed by atoms with E-state index in [1.165, 1.54) is 17.7 Å². The van der Waals surface area contributed by atoms with Crippen molar-refractivity contribution in [3.8, 4) is 0 Å². The Bertz CT molecular complexity index is 584. The summed E-state index contributed by atoms with van der Waals surface area (Å²) < 4.78 is 0. The number of aryl methyl sites for hydroxylation is 1. The lowest BCUT2D eigenvalue weighted by Crippen LogP contribution is -2.41. The number of benzene rings is 1. The molecule has 1 atom stereocenters. The molecular formula is C18H27N3O2. The fourth-order valence-corrected chi connectivity index (χ4v) is 2.91. The summed E-state index contributed by atoms with van der Waals surface area (Å²) in [4.78, 5) is 28.2. The quantitative estimate of drug-likeness (QED) is 0.907. The predicted molar refractivity (Wildman–Crippen MR) is 92.9 cm³/mol. The van der Waals surface area contributed by atoms with Crippen molar-refractivity contribution < 1.29 is 9.59 Å². The minimum absolute atomic E-state index is 0.0661. The van der Waals surface area contributed by atoms with Gasteiger partial charge in [-0.05, 0) is 44.4 Å². The van der Waals surface area contributed by atoms with E-state index in [4.69, 9.17) is 0 Å². The molecule has 0 radical (unpaired) electrons. The number of nitrogens with zero attached hydrogens (tertiary/aromatic N) is 2. The zero-order valence-electron chi connectivity index (χ0n) is 14.6. The molecule has 0 spiro atoms. The highest BCUT2D eigenvalue weighted by molar-refractivity contribution is 5.97. The summed E-state index contributed by atoms with van der Waals surface area (Å²) in [6, 6.07) is 5.61. The number of anilines is 1. The Labute approximate surface area is 138 Å². The number of amides is 3. The molecule has 1 unspecified atom stereocenters. The third kappa shape index (κ3) is 4.24. The van der Waals surface area contributed by atoms with Crippen LogP contribution in [0.15, 0.2) is 18.2 Å². The second-order valence-corrected chi connectivity index (χ2v) is 6.55. The van der Waals surface area contributed by atoms with E-state index >= 15 is 0 Å². The number of hydrogen-bond acceptors (Lipinski definition) is 2. The molecule has 0 aliphatic carbocycles. The van der Waals surface area contributed by atoms with Crippen LogP contribution in [0.25, 0.3) is 0 Å². The first-order chi connectivity index (χ1) is 10.9. The second-order valence-electron chi connectivity index (χ2n) is 6.55. The minimum atomic E-state index is -0.0723. The molecule has 1 saturated heterocycles. The Morgan fingerprint density at radius 2 is 1.96 bits per heavy atom. The maximum atomic E-state index is 12.6. The molecule has 5 nitrogen and oxygen atoms in total. The van der Waals surface area contributed by atoms with E-state index in [0.29, 0.717) is 11.3 Å². The topological polar surface area (TPSA) is 52.7 Å². The van der Waals surface area contributed by atoms with E-state index in [0.717, 1.165) is 24.9 Å². The highest BCUT2D eigenvalue weighted by Gasteiger charge is 2.22. The molecule has 0 bridgehead atoms. The number of carbonyl (C=O) groups is 2. The van der Waals surface area contributed by atoms with Crippen LogP contribution in [0.2, 0.25) is 0 Å². The fraction of sp³-hybridized carbons (Fsp3) is 0.556. The maximum Gasteiger partial charge on any atom is 0.322 e. The van der Waals surface area contributed by atoms with Gasteiger partial charge in [-0.3, -0.25) is 4.79 Å². The van der Waals surface area contributed by atoms with Gasteiger partial charge in [-0.2, -0.15) is 0 Å². The van der Waals surface area contributed by atoms with Gasteiger partial charge in [0.15, 0.2) is 0 Å². The normalized spacial score (nSPS) is 18.3. The van der Waals surface area contributed by atoms with Gasteiger partial charge in [-0.1, -0.05) is 18.9 Å². The van der Waals surface area contributed by atoms with Gasteiger partial charge < -0.3 is 15.1 Å². The summed E-state index contributed by atoms with van der Waals surface area (Å²) in [5.74, 6) is -0.0661. The third-order valence-corrected chi connectivity index (χ3v) is 4.45. The van der Waals surface area contributed by atoms with Crippen molar-refractivity contribution in [3.63, 3.8) is 0 Å². The van der Waals surface area contributed by atoms with Crippen molar-refractivity contribution in [2.45, 2.75) is 45.6 Å². The molecule has 1 fully saturated rings. The first-order valence-corrected chi connectivity index (χ1v) is 8.30. The molecule has 126 valence electrons. The molecule has 1 aromatic rings. The van der Waals surface area contributed by atoms with Crippen LogP contribution in [0.1, 0.15) is 48.5 Å².